The molecule has 140 valence electrons. The molecule has 0 spiro atoms. The molecule has 0 aliphatic carbocycles. The van der Waals surface area contributed by atoms with Gasteiger partial charge in [-0.1, -0.05) is 12.1 Å². The van der Waals surface area contributed by atoms with Crippen LogP contribution in [0.25, 0.3) is 0 Å². The van der Waals surface area contributed by atoms with Crippen molar-refractivity contribution in [1.29, 1.82) is 0 Å². The normalized spacial score (nSPS) is 18.6. The number of carbonyl (C=O) groups is 3. The van der Waals surface area contributed by atoms with Crippen LogP contribution in [-0.4, -0.2) is 78.4 Å². The number of piperazine rings is 2. The average molecular weight is 358 g/mol. The van der Waals surface area contributed by atoms with Gasteiger partial charge in [-0.2, -0.15) is 0 Å². The molecule has 7 nitrogen and oxygen atoms in total. The monoisotopic (exact) mass is 358 g/mol. The molecular formula is C19H26N4O3. The minimum absolute atomic E-state index is 0.272. The maximum atomic E-state index is 12.7. The summed E-state index contributed by atoms with van der Waals surface area (Å²) in [6.45, 7) is 9.72. The maximum absolute atomic E-state index is 12.7. The standard InChI is InChI=1S/C19H26N4O3/c1-4-20-12-13-23(18(25)17(20)24)19(26)22-10-8-21(9-11-22)16-7-5-6-14(2)15(16)3/h5-7H,4,8-13H2,1-3H3. The number of hydrogen-bond donors (Lipinski definition) is 0. The third kappa shape index (κ3) is 3.25. The molecule has 0 atom stereocenters. The number of anilines is 1. The molecule has 7 heteroatoms. The Labute approximate surface area is 154 Å². The van der Waals surface area contributed by atoms with Crippen LogP contribution in [0.2, 0.25) is 0 Å². The quantitative estimate of drug-likeness (QED) is 0.746. The zero-order valence-corrected chi connectivity index (χ0v) is 15.7. The van der Waals surface area contributed by atoms with Crippen LogP contribution in [0.4, 0.5) is 10.5 Å². The molecule has 2 fully saturated rings. The molecule has 4 amide bonds. The number of rotatable bonds is 2. The number of hydrogen-bond acceptors (Lipinski definition) is 4. The van der Waals surface area contributed by atoms with Gasteiger partial charge in [0, 0.05) is 51.5 Å². The highest BCUT2D eigenvalue weighted by molar-refractivity contribution is 6.38. The molecule has 0 aromatic heterocycles. The van der Waals surface area contributed by atoms with Crippen molar-refractivity contribution in [1.82, 2.24) is 14.7 Å². The summed E-state index contributed by atoms with van der Waals surface area (Å²) in [6.07, 6.45) is 0. The van der Waals surface area contributed by atoms with Crippen molar-refractivity contribution in [2.24, 2.45) is 0 Å². The van der Waals surface area contributed by atoms with E-state index in [0.717, 1.165) is 4.90 Å². The summed E-state index contributed by atoms with van der Waals surface area (Å²) in [6, 6.07) is 5.90. The second-order valence-corrected chi connectivity index (χ2v) is 6.82. The first-order valence-electron chi connectivity index (χ1n) is 9.15. The molecule has 1 aromatic carbocycles. The lowest BCUT2D eigenvalue weighted by Gasteiger charge is -2.40. The molecule has 0 N–H and O–H groups in total. The Morgan fingerprint density at radius 1 is 0.962 bits per heavy atom. The number of imide groups is 1. The molecule has 2 heterocycles. The summed E-state index contributed by atoms with van der Waals surface area (Å²) in [5.74, 6) is -1.29. The van der Waals surface area contributed by atoms with Crippen molar-refractivity contribution in [3.63, 3.8) is 0 Å². The number of amides is 4. The Morgan fingerprint density at radius 3 is 2.31 bits per heavy atom. The van der Waals surface area contributed by atoms with Crippen molar-refractivity contribution in [3.8, 4) is 0 Å². The van der Waals surface area contributed by atoms with E-state index in [-0.39, 0.29) is 12.6 Å². The highest BCUT2D eigenvalue weighted by Crippen LogP contribution is 2.24. The van der Waals surface area contributed by atoms with E-state index in [2.05, 4.69) is 30.9 Å². The highest BCUT2D eigenvalue weighted by Gasteiger charge is 2.38. The molecule has 2 saturated heterocycles. The molecule has 1 aromatic rings. The van der Waals surface area contributed by atoms with Crippen LogP contribution >= 0.6 is 0 Å². The van der Waals surface area contributed by atoms with Crippen LogP contribution in [0.15, 0.2) is 18.2 Å². The van der Waals surface area contributed by atoms with Gasteiger partial charge in [0.15, 0.2) is 0 Å². The van der Waals surface area contributed by atoms with Crippen LogP contribution in [0.3, 0.4) is 0 Å². The number of benzene rings is 1. The third-order valence-electron chi connectivity index (χ3n) is 5.39. The van der Waals surface area contributed by atoms with E-state index in [9.17, 15) is 14.4 Å². The second-order valence-electron chi connectivity index (χ2n) is 6.82. The lowest BCUT2D eigenvalue weighted by Crippen LogP contribution is -2.61. The van der Waals surface area contributed by atoms with Gasteiger partial charge in [-0.25, -0.2) is 4.79 Å². The smallest absolute Gasteiger partial charge is 0.327 e. The Morgan fingerprint density at radius 2 is 1.65 bits per heavy atom. The van der Waals surface area contributed by atoms with E-state index < -0.39 is 11.8 Å². The van der Waals surface area contributed by atoms with Gasteiger partial charge in [0.25, 0.3) is 0 Å². The Kier molecular flexibility index (Phi) is 5.15. The van der Waals surface area contributed by atoms with Gasteiger partial charge in [-0.3, -0.25) is 14.5 Å². The molecule has 0 saturated carbocycles. The number of likely N-dealkylation sites (N-methyl/N-ethyl adjacent to an activating group) is 1. The summed E-state index contributed by atoms with van der Waals surface area (Å²) in [4.78, 5) is 43.5. The fourth-order valence-electron chi connectivity index (χ4n) is 3.55. The van der Waals surface area contributed by atoms with Gasteiger partial charge in [-0.15, -0.1) is 0 Å². The van der Waals surface area contributed by atoms with Crippen molar-refractivity contribution in [3.05, 3.63) is 29.3 Å². The first-order valence-corrected chi connectivity index (χ1v) is 9.15. The topological polar surface area (TPSA) is 64.2 Å². The van der Waals surface area contributed by atoms with Crippen LogP contribution in [0.1, 0.15) is 18.1 Å². The van der Waals surface area contributed by atoms with Gasteiger partial charge >= 0.3 is 17.8 Å². The molecule has 2 aliphatic heterocycles. The molecule has 2 aliphatic rings. The fourth-order valence-corrected chi connectivity index (χ4v) is 3.55. The lowest BCUT2D eigenvalue weighted by molar-refractivity contribution is -0.153. The first-order chi connectivity index (χ1) is 12.4. The molecule has 0 bridgehead atoms. The minimum Gasteiger partial charge on any atom is -0.368 e. The van der Waals surface area contributed by atoms with Crippen LogP contribution < -0.4 is 4.90 Å². The molecule has 3 rings (SSSR count). The molecule has 0 radical (unpaired) electrons. The number of nitrogens with zero attached hydrogens (tertiary/aromatic N) is 4. The zero-order chi connectivity index (χ0) is 18.8. The van der Waals surface area contributed by atoms with E-state index in [4.69, 9.17) is 0 Å². The van der Waals surface area contributed by atoms with E-state index in [0.29, 0.717) is 39.3 Å². The maximum Gasteiger partial charge on any atom is 0.327 e. The Balaban J connectivity index is 1.63. The summed E-state index contributed by atoms with van der Waals surface area (Å²) >= 11 is 0. The van der Waals surface area contributed by atoms with Crippen molar-refractivity contribution in [2.45, 2.75) is 20.8 Å². The van der Waals surface area contributed by atoms with Gasteiger partial charge in [0.2, 0.25) is 0 Å². The number of urea groups is 1. The summed E-state index contributed by atoms with van der Waals surface area (Å²) in [5.41, 5.74) is 3.70. The minimum atomic E-state index is -0.708. The van der Waals surface area contributed by atoms with Gasteiger partial charge < -0.3 is 14.7 Å². The predicted molar refractivity (Wildman–Crippen MR) is 99.1 cm³/mol. The Bertz CT molecular complexity index is 725. The summed E-state index contributed by atoms with van der Waals surface area (Å²) in [5, 5.41) is 0. The molecular weight excluding hydrogens is 332 g/mol. The predicted octanol–water partition coefficient (Wildman–Crippen LogP) is 1.24. The summed E-state index contributed by atoms with van der Waals surface area (Å²) < 4.78 is 0. The van der Waals surface area contributed by atoms with Crippen molar-refractivity contribution < 1.29 is 14.4 Å². The lowest BCUT2D eigenvalue weighted by atomic mass is 10.1. The second kappa shape index (κ2) is 7.35. The highest BCUT2D eigenvalue weighted by atomic mass is 16.2. The average Bonchev–Trinajstić information content (AvgIpc) is 2.66. The number of aryl methyl sites for hydroxylation is 1. The first kappa shape index (κ1) is 18.2. The molecule has 26 heavy (non-hydrogen) atoms. The van der Waals surface area contributed by atoms with Crippen molar-refractivity contribution >= 4 is 23.5 Å². The van der Waals surface area contributed by atoms with Gasteiger partial charge in [0.05, 0.1) is 0 Å². The van der Waals surface area contributed by atoms with Gasteiger partial charge in [0.1, 0.15) is 0 Å². The largest absolute Gasteiger partial charge is 0.368 e. The Hall–Kier alpha value is -2.57. The van der Waals surface area contributed by atoms with E-state index in [1.807, 2.05) is 13.0 Å². The molecule has 0 unspecified atom stereocenters. The summed E-state index contributed by atoms with van der Waals surface area (Å²) in [7, 11) is 0. The van der Waals surface area contributed by atoms with Crippen LogP contribution in [0.5, 0.6) is 0 Å². The fraction of sp³-hybridized carbons (Fsp3) is 0.526. The zero-order valence-electron chi connectivity index (χ0n) is 15.7. The SMILES string of the molecule is CCN1CCN(C(=O)N2CCN(c3cccc(C)c3C)CC2)C(=O)C1=O. The van der Waals surface area contributed by atoms with E-state index in [1.54, 1.807) is 4.90 Å². The third-order valence-corrected chi connectivity index (χ3v) is 5.39. The van der Waals surface area contributed by atoms with Gasteiger partial charge in [-0.05, 0) is 38.0 Å². The van der Waals surface area contributed by atoms with E-state index >= 15 is 0 Å². The van der Waals surface area contributed by atoms with Crippen LogP contribution in [-0.2, 0) is 9.59 Å². The van der Waals surface area contributed by atoms with Crippen molar-refractivity contribution in [2.75, 3.05) is 50.7 Å². The number of carbonyl (C=O) groups excluding carboxylic acids is 3. The van der Waals surface area contributed by atoms with E-state index in [1.165, 1.54) is 21.7 Å². The van der Waals surface area contributed by atoms with Crippen LogP contribution in [0, 0.1) is 13.8 Å².